The molecule has 1 N–H and O–H groups in total. The van der Waals surface area contributed by atoms with Crippen LogP contribution in [0.4, 0.5) is 5.69 Å². The molecule has 3 aromatic rings. The molecule has 1 fully saturated rings. The largest absolute Gasteiger partial charge is 0.465 e. The Balaban J connectivity index is 1.36. The Morgan fingerprint density at radius 3 is 2.36 bits per heavy atom. The summed E-state index contributed by atoms with van der Waals surface area (Å²) in [4.78, 5) is 27.2. The van der Waals surface area contributed by atoms with Crippen LogP contribution in [0.2, 0.25) is 5.02 Å². The van der Waals surface area contributed by atoms with E-state index in [9.17, 15) is 9.59 Å². The van der Waals surface area contributed by atoms with Crippen LogP contribution in [0.15, 0.2) is 72.8 Å². The number of carbonyl (C=O) groups is 2. The zero-order valence-electron chi connectivity index (χ0n) is 18.6. The van der Waals surface area contributed by atoms with Gasteiger partial charge in [-0.15, -0.1) is 0 Å². The maximum Gasteiger partial charge on any atom is 0.339 e. The predicted octanol–water partition coefficient (Wildman–Crippen LogP) is 5.33. The van der Waals surface area contributed by atoms with Crippen molar-refractivity contribution in [3.05, 3.63) is 88.9 Å². The van der Waals surface area contributed by atoms with Crippen LogP contribution in [0.25, 0.3) is 11.1 Å². The molecule has 1 amide bonds. The second-order valence-corrected chi connectivity index (χ2v) is 8.65. The number of amides is 1. The zero-order chi connectivity index (χ0) is 23.2. The van der Waals surface area contributed by atoms with E-state index in [2.05, 4.69) is 22.3 Å². The second-order valence-electron chi connectivity index (χ2n) is 8.22. The highest BCUT2D eigenvalue weighted by Gasteiger charge is 2.28. The van der Waals surface area contributed by atoms with Crippen LogP contribution < -0.4 is 10.2 Å². The summed E-state index contributed by atoms with van der Waals surface area (Å²) in [7, 11) is 1.38. The highest BCUT2D eigenvalue weighted by atomic mass is 35.5. The Morgan fingerprint density at radius 1 is 1.00 bits per heavy atom. The number of benzene rings is 3. The third-order valence-electron chi connectivity index (χ3n) is 6.04. The SMILES string of the molecule is COC(=O)c1ccccc1N1CCCC(C(=O)NCc2ccc(-c3ccc(Cl)cc3)cc2)C1. The van der Waals surface area contributed by atoms with Crippen molar-refractivity contribution in [2.45, 2.75) is 19.4 Å². The molecule has 170 valence electrons. The molecular formula is C27H27ClN2O3. The van der Waals surface area contributed by atoms with Gasteiger partial charge in [0.2, 0.25) is 5.91 Å². The summed E-state index contributed by atoms with van der Waals surface area (Å²) in [5.41, 5.74) is 4.60. The van der Waals surface area contributed by atoms with Crippen molar-refractivity contribution >= 4 is 29.2 Å². The smallest absolute Gasteiger partial charge is 0.339 e. The van der Waals surface area contributed by atoms with Crippen LogP contribution in [0.1, 0.15) is 28.8 Å². The maximum atomic E-state index is 12.9. The van der Waals surface area contributed by atoms with Crippen LogP contribution in [-0.2, 0) is 16.1 Å². The summed E-state index contributed by atoms with van der Waals surface area (Å²) in [6, 6.07) is 23.3. The fourth-order valence-corrected chi connectivity index (χ4v) is 4.36. The van der Waals surface area contributed by atoms with E-state index in [-0.39, 0.29) is 17.8 Å². The van der Waals surface area contributed by atoms with Gasteiger partial charge in [0.05, 0.1) is 24.3 Å². The van der Waals surface area contributed by atoms with Crippen LogP contribution in [0.3, 0.4) is 0 Å². The number of carbonyl (C=O) groups excluding carboxylic acids is 2. The summed E-state index contributed by atoms with van der Waals surface area (Å²) in [5.74, 6) is -0.450. The van der Waals surface area contributed by atoms with Crippen molar-refractivity contribution in [2.24, 2.45) is 5.92 Å². The van der Waals surface area contributed by atoms with E-state index in [0.29, 0.717) is 23.7 Å². The molecule has 33 heavy (non-hydrogen) atoms. The Hall–Kier alpha value is -3.31. The number of methoxy groups -OCH3 is 1. The number of anilines is 1. The number of para-hydroxylation sites is 1. The molecule has 0 radical (unpaired) electrons. The average Bonchev–Trinajstić information content (AvgIpc) is 2.87. The van der Waals surface area contributed by atoms with Gasteiger partial charge in [0.15, 0.2) is 0 Å². The zero-order valence-corrected chi connectivity index (χ0v) is 19.3. The third kappa shape index (κ3) is 5.55. The van der Waals surface area contributed by atoms with Crippen LogP contribution in [0, 0.1) is 5.92 Å². The van der Waals surface area contributed by atoms with E-state index in [4.69, 9.17) is 16.3 Å². The number of ether oxygens (including phenoxy) is 1. The van der Waals surface area contributed by atoms with E-state index in [1.54, 1.807) is 6.07 Å². The number of nitrogens with zero attached hydrogens (tertiary/aromatic N) is 1. The molecule has 1 atom stereocenters. The van der Waals surface area contributed by atoms with Crippen molar-refractivity contribution in [1.82, 2.24) is 5.32 Å². The van der Waals surface area contributed by atoms with Gasteiger partial charge in [0, 0.05) is 24.7 Å². The lowest BCUT2D eigenvalue weighted by atomic mass is 9.95. The summed E-state index contributed by atoms with van der Waals surface area (Å²) in [6.07, 6.45) is 1.72. The number of hydrogen-bond acceptors (Lipinski definition) is 4. The molecule has 1 aliphatic heterocycles. The van der Waals surface area contributed by atoms with Gasteiger partial charge in [-0.2, -0.15) is 0 Å². The fourth-order valence-electron chi connectivity index (χ4n) is 4.23. The van der Waals surface area contributed by atoms with Crippen molar-refractivity contribution in [2.75, 3.05) is 25.1 Å². The third-order valence-corrected chi connectivity index (χ3v) is 6.29. The first kappa shape index (κ1) is 22.9. The monoisotopic (exact) mass is 462 g/mol. The molecule has 1 unspecified atom stereocenters. The van der Waals surface area contributed by atoms with E-state index in [1.807, 2.05) is 54.6 Å². The fraction of sp³-hybridized carbons (Fsp3) is 0.259. The topological polar surface area (TPSA) is 58.6 Å². The van der Waals surface area contributed by atoms with Crippen molar-refractivity contribution < 1.29 is 14.3 Å². The molecule has 3 aromatic carbocycles. The molecule has 5 nitrogen and oxygen atoms in total. The molecule has 1 saturated heterocycles. The lowest BCUT2D eigenvalue weighted by molar-refractivity contribution is -0.125. The van der Waals surface area contributed by atoms with E-state index in [0.717, 1.165) is 41.8 Å². The molecule has 0 spiro atoms. The lowest BCUT2D eigenvalue weighted by Gasteiger charge is -2.34. The Bertz CT molecular complexity index is 1110. The quantitative estimate of drug-likeness (QED) is 0.503. The number of hydrogen-bond donors (Lipinski definition) is 1. The molecule has 6 heteroatoms. The van der Waals surface area contributed by atoms with Crippen LogP contribution in [0.5, 0.6) is 0 Å². The van der Waals surface area contributed by atoms with E-state index >= 15 is 0 Å². The molecule has 4 rings (SSSR count). The summed E-state index contributed by atoms with van der Waals surface area (Å²) in [6.45, 7) is 1.87. The van der Waals surface area contributed by atoms with Gasteiger partial charge in [-0.1, -0.05) is 60.1 Å². The number of esters is 1. The molecule has 0 saturated carbocycles. The number of nitrogens with one attached hydrogen (secondary N) is 1. The van der Waals surface area contributed by atoms with Crippen molar-refractivity contribution in [1.29, 1.82) is 0 Å². The maximum absolute atomic E-state index is 12.9. The van der Waals surface area contributed by atoms with E-state index in [1.165, 1.54) is 7.11 Å². The minimum Gasteiger partial charge on any atom is -0.465 e. The number of piperidine rings is 1. The Morgan fingerprint density at radius 2 is 1.67 bits per heavy atom. The first-order valence-corrected chi connectivity index (χ1v) is 11.5. The molecule has 0 bridgehead atoms. The summed E-state index contributed by atoms with van der Waals surface area (Å²) >= 11 is 5.97. The minimum absolute atomic E-state index is 0.0389. The van der Waals surface area contributed by atoms with Crippen LogP contribution >= 0.6 is 11.6 Å². The first-order chi connectivity index (χ1) is 16.0. The second kappa shape index (κ2) is 10.5. The van der Waals surface area contributed by atoms with Crippen molar-refractivity contribution in [3.8, 4) is 11.1 Å². The van der Waals surface area contributed by atoms with Gasteiger partial charge < -0.3 is 15.0 Å². The predicted molar refractivity (Wildman–Crippen MR) is 131 cm³/mol. The van der Waals surface area contributed by atoms with Gasteiger partial charge in [-0.05, 0) is 53.8 Å². The standard InChI is InChI=1S/C27H27ClN2O3/c1-33-27(32)24-6-2-3-7-25(24)30-16-4-5-22(18-30)26(31)29-17-19-8-10-20(11-9-19)21-12-14-23(28)15-13-21/h2-3,6-15,22H,4-5,16-18H2,1H3,(H,29,31). The number of halogens is 1. The molecule has 1 heterocycles. The molecule has 0 aliphatic carbocycles. The Labute approximate surface area is 199 Å². The van der Waals surface area contributed by atoms with Gasteiger partial charge >= 0.3 is 5.97 Å². The van der Waals surface area contributed by atoms with Gasteiger partial charge in [0.25, 0.3) is 0 Å². The molecule has 1 aliphatic rings. The van der Waals surface area contributed by atoms with Crippen molar-refractivity contribution in [3.63, 3.8) is 0 Å². The minimum atomic E-state index is -0.362. The highest BCUT2D eigenvalue weighted by Crippen LogP contribution is 2.27. The average molecular weight is 463 g/mol. The summed E-state index contributed by atoms with van der Waals surface area (Å²) in [5, 5.41) is 3.80. The lowest BCUT2D eigenvalue weighted by Crippen LogP contribution is -2.43. The van der Waals surface area contributed by atoms with E-state index < -0.39 is 0 Å². The van der Waals surface area contributed by atoms with Crippen LogP contribution in [-0.4, -0.2) is 32.1 Å². The molecule has 0 aromatic heterocycles. The Kier molecular flexibility index (Phi) is 7.30. The first-order valence-electron chi connectivity index (χ1n) is 11.1. The molecular weight excluding hydrogens is 436 g/mol. The number of rotatable bonds is 6. The summed E-state index contributed by atoms with van der Waals surface area (Å²) < 4.78 is 4.92. The van der Waals surface area contributed by atoms with Gasteiger partial charge in [0.1, 0.15) is 0 Å². The van der Waals surface area contributed by atoms with Gasteiger partial charge in [-0.25, -0.2) is 4.79 Å². The normalized spacial score (nSPS) is 15.7. The van der Waals surface area contributed by atoms with Gasteiger partial charge in [-0.3, -0.25) is 4.79 Å². The highest BCUT2D eigenvalue weighted by molar-refractivity contribution is 6.30.